The monoisotopic (exact) mass is 2350 g/mol. The Hall–Kier alpha value is -13.6. The number of rotatable bonds is 10. The number of fused-ring (bicyclic) bond motifs is 15. The first-order valence-corrected chi connectivity index (χ1v) is 49.6. The first-order valence-electron chi connectivity index (χ1n) is 43.4. The Morgan fingerprint density at radius 3 is 0.892 bits per heavy atom. The lowest BCUT2D eigenvalue weighted by Gasteiger charge is -2.13. The number of halogens is 9. The molecule has 35 heteroatoms. The van der Waals surface area contributed by atoms with E-state index in [1.807, 2.05) is 159 Å². The van der Waals surface area contributed by atoms with Crippen LogP contribution in [-0.2, 0) is 0 Å². The minimum Gasteiger partial charge on any atom is -0.442 e. The highest BCUT2D eigenvalue weighted by Crippen LogP contribution is 2.46. The van der Waals surface area contributed by atoms with Crippen molar-refractivity contribution in [3.63, 3.8) is 0 Å². The maximum absolute atomic E-state index is 14.7. The van der Waals surface area contributed by atoms with Gasteiger partial charge in [-0.25, -0.2) is 54.2 Å². The first kappa shape index (κ1) is 91.8. The van der Waals surface area contributed by atoms with E-state index < -0.39 is 0 Å². The second-order valence-corrected chi connectivity index (χ2v) is 39.3. The molecule has 5 atom stereocenters. The SMILES string of the molecule is C[C@@H]1N=C(c2ccccc2Br)c2cc(Br)ccc2-n2cnc(-c3cnco3)c21.C[C@@H]1N=C(c2ccccc2Cl)c2cc(Br)ccc2-n2cnc(-c3cnco3)c21.C[C@@H]1N=C(c2ccccc2F)c2cc(Br)ccc2-n2cnc(-c3cnco3)c21.C[C@@H]1N=C(c2ccccc2I)c2cc(Br)ccc2-n2cnc(-c3cnco3)c21.C[C@@H]1N=C(c2ccccn2)c2cc(Br)ccc2-n2cnc(-c3cnco3)c21. The highest BCUT2D eigenvalue weighted by molar-refractivity contribution is 14.1. The molecule has 0 spiro atoms. The Balaban J connectivity index is 0.000000103. The van der Waals surface area contributed by atoms with Gasteiger partial charge in [-0.1, -0.05) is 180 Å². The zero-order valence-corrected chi connectivity index (χ0v) is 86.0. The third-order valence-corrected chi connectivity index (χ3v) is 28.2. The van der Waals surface area contributed by atoms with E-state index in [1.54, 1.807) is 55.6 Å². The third kappa shape index (κ3) is 17.8. The van der Waals surface area contributed by atoms with Crippen molar-refractivity contribution >= 4 is 158 Å². The Labute approximate surface area is 862 Å². The molecule has 11 aromatic heterocycles. The van der Waals surface area contributed by atoms with Gasteiger partial charge >= 0.3 is 0 Å². The first-order chi connectivity index (χ1) is 67.7. The van der Waals surface area contributed by atoms with E-state index in [0.717, 1.165) is 183 Å². The van der Waals surface area contributed by atoms with Gasteiger partial charge in [-0.15, -0.1) is 0 Å². The molecule has 0 fully saturated rings. The van der Waals surface area contributed by atoms with Gasteiger partial charge < -0.3 is 22.1 Å². The van der Waals surface area contributed by atoms with Gasteiger partial charge in [0, 0.05) is 91.7 Å². The molecule has 9 aromatic carbocycles. The van der Waals surface area contributed by atoms with E-state index in [9.17, 15) is 4.39 Å². The molecule has 0 bridgehead atoms. The highest BCUT2D eigenvalue weighted by atomic mass is 127. The van der Waals surface area contributed by atoms with Crippen molar-refractivity contribution in [3.05, 3.63) is 433 Å². The third-order valence-electron chi connectivity index (χ3n) is 23.7. The second-order valence-electron chi connectivity index (χ2n) is 32.3. The summed E-state index contributed by atoms with van der Waals surface area (Å²) < 4.78 is 59.5. The summed E-state index contributed by atoms with van der Waals surface area (Å²) in [7, 11) is 0. The van der Waals surface area contributed by atoms with Crippen LogP contribution < -0.4 is 0 Å². The molecule has 139 heavy (non-hydrogen) atoms. The summed E-state index contributed by atoms with van der Waals surface area (Å²) in [6, 6.07) is 66.6. The van der Waals surface area contributed by atoms with Gasteiger partial charge in [0.25, 0.3) is 0 Å². The number of aliphatic imine (C=N–C) groups is 5. The molecule has 5 aliphatic rings. The molecule has 26 nitrogen and oxygen atoms in total. The molecular formula is C104H70Br6ClFIN21O5. The van der Waals surface area contributed by atoms with Crippen LogP contribution in [0.3, 0.4) is 0 Å². The molecule has 0 radical (unpaired) electrons. The van der Waals surface area contributed by atoms with E-state index in [1.165, 1.54) is 38.0 Å². The predicted octanol–water partition coefficient (Wildman–Crippen LogP) is 27.6. The number of hydrogen-bond acceptors (Lipinski definition) is 21. The summed E-state index contributed by atoms with van der Waals surface area (Å²) in [4.78, 5) is 72.9. The number of pyridine rings is 1. The summed E-state index contributed by atoms with van der Waals surface area (Å²) in [6.07, 6.45) is 26.2. The van der Waals surface area contributed by atoms with Gasteiger partial charge in [0.2, 0.25) is 0 Å². The van der Waals surface area contributed by atoms with Crippen molar-refractivity contribution in [1.29, 1.82) is 0 Å². The van der Waals surface area contributed by atoms with E-state index in [0.29, 0.717) is 50.8 Å². The van der Waals surface area contributed by atoms with Crippen LogP contribution in [-0.4, -0.2) is 106 Å². The van der Waals surface area contributed by atoms with Crippen molar-refractivity contribution in [2.75, 3.05) is 0 Å². The summed E-state index contributed by atoms with van der Waals surface area (Å²) in [5, 5.41) is 0.666. The molecule has 0 saturated heterocycles. The van der Waals surface area contributed by atoms with Crippen LogP contribution in [0.2, 0.25) is 5.02 Å². The maximum Gasteiger partial charge on any atom is 0.181 e. The lowest BCUT2D eigenvalue weighted by atomic mass is 10.00. The molecule has 5 aliphatic heterocycles. The van der Waals surface area contributed by atoms with E-state index >= 15 is 0 Å². The van der Waals surface area contributed by atoms with Gasteiger partial charge in [-0.2, -0.15) is 0 Å². The van der Waals surface area contributed by atoms with Crippen LogP contribution in [0.1, 0.15) is 149 Å². The molecule has 16 heterocycles. The van der Waals surface area contributed by atoms with Gasteiger partial charge in [0.15, 0.2) is 60.8 Å². The maximum atomic E-state index is 14.7. The van der Waals surface area contributed by atoms with Crippen LogP contribution in [0.15, 0.2) is 381 Å². The molecule has 0 saturated carbocycles. The van der Waals surface area contributed by atoms with Gasteiger partial charge in [-0.3, -0.25) is 52.8 Å². The summed E-state index contributed by atoms with van der Waals surface area (Å²) in [5.74, 6) is 2.80. The second kappa shape index (κ2) is 39.4. The minimum atomic E-state index is -0.306. The van der Waals surface area contributed by atoms with Crippen LogP contribution in [0, 0.1) is 9.39 Å². The lowest BCUT2D eigenvalue weighted by molar-refractivity contribution is 0.568. The minimum absolute atomic E-state index is 0.111. The zero-order valence-electron chi connectivity index (χ0n) is 73.6. The van der Waals surface area contributed by atoms with Crippen LogP contribution >= 0.6 is 130 Å². The number of oxazole rings is 5. The fraction of sp³-hybridized carbons (Fsp3) is 0.0962. The number of imidazole rings is 5. The molecular weight excluding hydrogens is 2280 g/mol. The summed E-state index contributed by atoms with van der Waals surface area (Å²) in [5.41, 5.74) is 26.8. The standard InChI is InChI=1S/C21H14Br2N4O.C21H14BrClN4O.C21H14BrFN4O.C21H14BrIN4O.C20H14BrN5O/c4*1-12-21-20(18-9-24-11-28-18)25-10-27(21)17-7-6-13(22)8-15(17)19(26-12)14-4-2-3-5-16(14)23;1-12-20-19(17-9-22-11-27-17)24-10-26(20)16-6-5-13(21)8-14(16)18(25-12)15-4-2-3-7-23-15/h4*2-12H,1H3;2-12H,1H3/t5*12-/m00000/s1. The predicted molar refractivity (Wildman–Crippen MR) is 559 cm³/mol. The molecule has 0 N–H and O–H groups in total. The number of nitrogens with zero attached hydrogens (tertiary/aromatic N) is 21. The lowest BCUT2D eigenvalue weighted by Crippen LogP contribution is -2.09. The largest absolute Gasteiger partial charge is 0.442 e. The van der Waals surface area contributed by atoms with Gasteiger partial charge in [0.1, 0.15) is 65.9 Å². The summed E-state index contributed by atoms with van der Waals surface area (Å²) >= 11 is 30.5. The van der Waals surface area contributed by atoms with E-state index in [-0.39, 0.29) is 36.0 Å². The Bertz CT molecular complexity index is 7450. The molecule has 684 valence electrons. The van der Waals surface area contributed by atoms with Crippen LogP contribution in [0.5, 0.6) is 0 Å². The van der Waals surface area contributed by atoms with Crippen molar-refractivity contribution < 1.29 is 26.5 Å². The summed E-state index contributed by atoms with van der Waals surface area (Å²) in [6.45, 7) is 10.2. The molecule has 0 unspecified atom stereocenters. The average Bonchev–Trinajstić information content (AvgIpc) is 1.62. The molecule has 0 aliphatic carbocycles. The normalized spacial score (nSPS) is 15.6. The van der Waals surface area contributed by atoms with Crippen molar-refractivity contribution in [3.8, 4) is 85.7 Å². The quantitative estimate of drug-likeness (QED) is 0.115. The molecule has 20 aromatic rings. The van der Waals surface area contributed by atoms with Crippen LogP contribution in [0.4, 0.5) is 4.39 Å². The fourth-order valence-electron chi connectivity index (χ4n) is 17.7. The van der Waals surface area contributed by atoms with Crippen molar-refractivity contribution in [2.24, 2.45) is 25.0 Å². The molecule has 0 amide bonds. The van der Waals surface area contributed by atoms with Gasteiger partial charge in [-0.05, 0) is 191 Å². The van der Waals surface area contributed by atoms with Gasteiger partial charge in [0.05, 0.1) is 152 Å². The van der Waals surface area contributed by atoms with Crippen molar-refractivity contribution in [1.82, 2.24) is 77.7 Å². The van der Waals surface area contributed by atoms with Crippen LogP contribution in [0.25, 0.3) is 85.7 Å². The zero-order chi connectivity index (χ0) is 95.4. The Morgan fingerprint density at radius 1 is 0.295 bits per heavy atom. The van der Waals surface area contributed by atoms with E-state index in [2.05, 4.69) is 285 Å². The average molecular weight is 2350 g/mol. The van der Waals surface area contributed by atoms with E-state index in [4.69, 9.17) is 58.6 Å². The highest BCUT2D eigenvalue weighted by Gasteiger charge is 2.36. The topological polar surface area (TPSA) is 294 Å². The smallest absolute Gasteiger partial charge is 0.181 e. The molecule has 25 rings (SSSR count). The fourth-order valence-corrected chi connectivity index (χ4v) is 20.8. The number of benzene rings is 9. The Kier molecular flexibility index (Phi) is 26.0. The number of hydrogen-bond donors (Lipinski definition) is 0. The van der Waals surface area contributed by atoms with Crippen molar-refractivity contribution in [2.45, 2.75) is 64.8 Å². The Morgan fingerprint density at radius 2 is 0.576 bits per heavy atom. The number of aromatic nitrogens is 16.